The van der Waals surface area contributed by atoms with Crippen molar-refractivity contribution in [3.63, 3.8) is 0 Å². The molecule has 0 saturated heterocycles. The standard InChI is InChI=1S/C20H15BrFN5O2/c1-26(17-8-29-18-3-2-10(21)4-12(17)18)20(28)11-5-15-14(6-13(11)22)25-19(23)16-7-24-9-27(15)16/h2-7,9,17H,8H2,1H3,(H2,23,25)/t17-/m1/s1. The fourth-order valence-electron chi connectivity index (χ4n) is 3.68. The van der Waals surface area contributed by atoms with Gasteiger partial charge >= 0.3 is 0 Å². The minimum Gasteiger partial charge on any atom is -0.491 e. The highest BCUT2D eigenvalue weighted by Gasteiger charge is 2.32. The van der Waals surface area contributed by atoms with Gasteiger partial charge in [-0.05, 0) is 24.3 Å². The predicted molar refractivity (Wildman–Crippen MR) is 109 cm³/mol. The Bertz CT molecular complexity index is 1310. The second kappa shape index (κ2) is 6.41. The number of likely N-dealkylation sites (N-methyl/N-ethyl adjacent to an activating group) is 1. The molecule has 3 heterocycles. The minimum atomic E-state index is -0.658. The Morgan fingerprint density at radius 3 is 3.00 bits per heavy atom. The van der Waals surface area contributed by atoms with E-state index >= 15 is 0 Å². The first-order valence-corrected chi connectivity index (χ1v) is 9.63. The first-order valence-electron chi connectivity index (χ1n) is 8.84. The van der Waals surface area contributed by atoms with Gasteiger partial charge in [-0.3, -0.25) is 9.20 Å². The molecule has 1 atom stereocenters. The highest BCUT2D eigenvalue weighted by Crippen LogP contribution is 2.38. The molecule has 0 bridgehead atoms. The van der Waals surface area contributed by atoms with Gasteiger partial charge in [-0.1, -0.05) is 15.9 Å². The lowest BCUT2D eigenvalue weighted by atomic mass is 10.1. The normalized spacial score (nSPS) is 15.5. The van der Waals surface area contributed by atoms with E-state index in [0.29, 0.717) is 23.2 Å². The van der Waals surface area contributed by atoms with Crippen molar-refractivity contribution < 1.29 is 13.9 Å². The molecule has 5 rings (SSSR count). The van der Waals surface area contributed by atoms with Crippen LogP contribution in [-0.4, -0.2) is 38.8 Å². The smallest absolute Gasteiger partial charge is 0.257 e. The van der Waals surface area contributed by atoms with Crippen molar-refractivity contribution in [2.24, 2.45) is 0 Å². The number of amides is 1. The van der Waals surface area contributed by atoms with Gasteiger partial charge in [-0.15, -0.1) is 0 Å². The molecule has 29 heavy (non-hydrogen) atoms. The number of imidazole rings is 1. The molecule has 0 spiro atoms. The maximum absolute atomic E-state index is 14.8. The summed E-state index contributed by atoms with van der Waals surface area (Å²) >= 11 is 3.44. The van der Waals surface area contributed by atoms with Gasteiger partial charge in [-0.2, -0.15) is 0 Å². The Kier molecular flexibility index (Phi) is 3.95. The quantitative estimate of drug-likeness (QED) is 0.499. The zero-order valence-corrected chi connectivity index (χ0v) is 16.9. The second-order valence-electron chi connectivity index (χ2n) is 6.89. The Morgan fingerprint density at radius 2 is 2.17 bits per heavy atom. The lowest BCUT2D eigenvalue weighted by molar-refractivity contribution is 0.0704. The first kappa shape index (κ1) is 17.9. The van der Waals surface area contributed by atoms with Gasteiger partial charge in [0, 0.05) is 23.2 Å². The van der Waals surface area contributed by atoms with Crippen LogP contribution >= 0.6 is 15.9 Å². The predicted octanol–water partition coefficient (Wildman–Crippen LogP) is 3.57. The maximum Gasteiger partial charge on any atom is 0.257 e. The number of ether oxygens (including phenoxy) is 1. The zero-order valence-electron chi connectivity index (χ0n) is 15.3. The molecule has 0 saturated carbocycles. The number of nitrogens with two attached hydrogens (primary N) is 1. The van der Waals surface area contributed by atoms with Crippen LogP contribution in [-0.2, 0) is 0 Å². The molecule has 1 amide bonds. The van der Waals surface area contributed by atoms with Crippen LogP contribution in [0.5, 0.6) is 5.75 Å². The lowest BCUT2D eigenvalue weighted by Gasteiger charge is -2.24. The number of carbonyl (C=O) groups excluding carboxylic acids is 1. The Labute approximate surface area is 173 Å². The van der Waals surface area contributed by atoms with E-state index in [0.717, 1.165) is 15.8 Å². The number of rotatable bonds is 2. The van der Waals surface area contributed by atoms with Crippen molar-refractivity contribution in [2.75, 3.05) is 19.4 Å². The van der Waals surface area contributed by atoms with Crippen LogP contribution in [0.2, 0.25) is 0 Å². The molecular formula is C20H15BrFN5O2. The van der Waals surface area contributed by atoms with Gasteiger partial charge in [0.25, 0.3) is 5.91 Å². The summed E-state index contributed by atoms with van der Waals surface area (Å²) in [6.07, 6.45) is 3.13. The summed E-state index contributed by atoms with van der Waals surface area (Å²) < 4.78 is 23.1. The van der Waals surface area contributed by atoms with E-state index in [2.05, 4.69) is 25.9 Å². The fourth-order valence-corrected chi connectivity index (χ4v) is 4.06. The molecule has 4 aromatic rings. The number of carbonyl (C=O) groups is 1. The molecule has 0 fully saturated rings. The number of hydrogen-bond acceptors (Lipinski definition) is 5. The largest absolute Gasteiger partial charge is 0.491 e. The summed E-state index contributed by atoms with van der Waals surface area (Å²) in [7, 11) is 1.64. The Morgan fingerprint density at radius 1 is 1.34 bits per heavy atom. The number of nitrogens with zero attached hydrogens (tertiary/aromatic N) is 4. The number of aromatic nitrogens is 3. The van der Waals surface area contributed by atoms with Crippen molar-refractivity contribution in [2.45, 2.75) is 6.04 Å². The molecule has 9 heteroatoms. The van der Waals surface area contributed by atoms with Crippen LogP contribution in [0, 0.1) is 5.82 Å². The van der Waals surface area contributed by atoms with Crippen LogP contribution in [0.15, 0.2) is 47.3 Å². The highest BCUT2D eigenvalue weighted by atomic mass is 79.9. The third kappa shape index (κ3) is 2.72. The molecule has 0 unspecified atom stereocenters. The van der Waals surface area contributed by atoms with Crippen molar-refractivity contribution in [3.05, 3.63) is 64.3 Å². The summed E-state index contributed by atoms with van der Waals surface area (Å²) in [5.74, 6) is -0.141. The SMILES string of the molecule is CN(C(=O)c1cc2c(cc1F)nc(N)c1cncn12)[C@@H]1COc2ccc(Br)cc21. The molecule has 2 aromatic heterocycles. The van der Waals surface area contributed by atoms with E-state index < -0.39 is 11.7 Å². The molecular weight excluding hydrogens is 441 g/mol. The average Bonchev–Trinajstić information content (AvgIpc) is 3.34. The van der Waals surface area contributed by atoms with Gasteiger partial charge in [-0.25, -0.2) is 14.4 Å². The number of benzene rings is 2. The molecule has 0 aliphatic carbocycles. The molecule has 0 radical (unpaired) electrons. The van der Waals surface area contributed by atoms with E-state index in [4.69, 9.17) is 10.5 Å². The summed E-state index contributed by atoms with van der Waals surface area (Å²) in [5, 5.41) is 0. The van der Waals surface area contributed by atoms with Crippen molar-refractivity contribution >= 4 is 44.2 Å². The van der Waals surface area contributed by atoms with Crippen LogP contribution in [0.4, 0.5) is 10.2 Å². The number of fused-ring (bicyclic) bond motifs is 4. The second-order valence-corrected chi connectivity index (χ2v) is 7.81. The van der Waals surface area contributed by atoms with Gasteiger partial charge in [0.15, 0.2) is 0 Å². The van der Waals surface area contributed by atoms with Crippen LogP contribution < -0.4 is 10.5 Å². The van der Waals surface area contributed by atoms with Crippen molar-refractivity contribution in [3.8, 4) is 5.75 Å². The first-order chi connectivity index (χ1) is 13.9. The Hall–Kier alpha value is -3.20. The van der Waals surface area contributed by atoms with E-state index in [1.54, 1.807) is 24.0 Å². The van der Waals surface area contributed by atoms with Gasteiger partial charge in [0.2, 0.25) is 0 Å². The van der Waals surface area contributed by atoms with E-state index in [1.807, 2.05) is 18.2 Å². The molecule has 1 aliphatic heterocycles. The minimum absolute atomic E-state index is 0.0509. The fraction of sp³-hybridized carbons (Fsp3) is 0.150. The molecule has 2 N–H and O–H groups in total. The third-order valence-electron chi connectivity index (χ3n) is 5.21. The number of halogens is 2. The third-order valence-corrected chi connectivity index (χ3v) is 5.70. The molecule has 1 aliphatic rings. The number of nitrogen functional groups attached to an aromatic ring is 1. The van der Waals surface area contributed by atoms with Gasteiger partial charge < -0.3 is 15.4 Å². The lowest BCUT2D eigenvalue weighted by Crippen LogP contribution is -2.32. The Balaban J connectivity index is 1.59. The monoisotopic (exact) mass is 455 g/mol. The average molecular weight is 456 g/mol. The van der Waals surface area contributed by atoms with Gasteiger partial charge in [0.1, 0.15) is 29.5 Å². The molecule has 146 valence electrons. The number of hydrogen-bond donors (Lipinski definition) is 1. The summed E-state index contributed by atoms with van der Waals surface area (Å²) in [5.41, 5.74) is 8.24. The van der Waals surface area contributed by atoms with Crippen molar-refractivity contribution in [1.82, 2.24) is 19.3 Å². The summed E-state index contributed by atoms with van der Waals surface area (Å²) in [6, 6.07) is 8.03. The molecule has 2 aromatic carbocycles. The molecule has 7 nitrogen and oxygen atoms in total. The van der Waals surface area contributed by atoms with Crippen molar-refractivity contribution in [1.29, 1.82) is 0 Å². The topological polar surface area (TPSA) is 85.8 Å². The van der Waals surface area contributed by atoms with Crippen LogP contribution in [0.1, 0.15) is 22.0 Å². The van der Waals surface area contributed by atoms with E-state index in [1.165, 1.54) is 17.0 Å². The highest BCUT2D eigenvalue weighted by molar-refractivity contribution is 9.10. The summed E-state index contributed by atoms with van der Waals surface area (Å²) in [4.78, 5) is 23.0. The van der Waals surface area contributed by atoms with E-state index in [9.17, 15) is 9.18 Å². The van der Waals surface area contributed by atoms with Crippen LogP contribution in [0.3, 0.4) is 0 Å². The van der Waals surface area contributed by atoms with Crippen LogP contribution in [0.25, 0.3) is 16.6 Å². The van der Waals surface area contributed by atoms with E-state index in [-0.39, 0.29) is 17.4 Å². The zero-order chi connectivity index (χ0) is 20.3. The van der Waals surface area contributed by atoms with Gasteiger partial charge in [0.05, 0.1) is 35.2 Å². The maximum atomic E-state index is 14.8. The number of anilines is 1. The summed E-state index contributed by atoms with van der Waals surface area (Å²) in [6.45, 7) is 0.313.